The molecule has 2 aromatic carbocycles. The van der Waals surface area contributed by atoms with Crippen LogP contribution in [0, 0.1) is 0 Å². The highest BCUT2D eigenvalue weighted by Gasteiger charge is 2.22. The molecule has 2 N–H and O–H groups in total. The Balaban J connectivity index is 1.43. The van der Waals surface area contributed by atoms with Crippen LogP contribution in [-0.2, 0) is 19.5 Å². The number of rotatable bonds is 4. The molecule has 4 aromatic rings. The van der Waals surface area contributed by atoms with Crippen LogP contribution in [-0.4, -0.2) is 33.5 Å². The van der Waals surface area contributed by atoms with E-state index in [9.17, 15) is 4.79 Å². The van der Waals surface area contributed by atoms with E-state index >= 15 is 0 Å². The van der Waals surface area contributed by atoms with Crippen LogP contribution in [0.5, 0.6) is 5.75 Å². The van der Waals surface area contributed by atoms with E-state index in [0.29, 0.717) is 23.8 Å². The Labute approximate surface area is 178 Å². The highest BCUT2D eigenvalue weighted by molar-refractivity contribution is 6.30. The lowest BCUT2D eigenvalue weighted by atomic mass is 10.0. The molecule has 0 bridgehead atoms. The number of hydrogen-bond donors (Lipinski definition) is 2. The number of H-pyrrole nitrogens is 2. The van der Waals surface area contributed by atoms with Crippen LogP contribution >= 0.6 is 11.6 Å². The van der Waals surface area contributed by atoms with Crippen molar-refractivity contribution < 1.29 is 4.74 Å². The third-order valence-corrected chi connectivity index (χ3v) is 5.89. The first-order valence-corrected chi connectivity index (χ1v) is 10.2. The summed E-state index contributed by atoms with van der Waals surface area (Å²) in [6, 6.07) is 13.4. The summed E-state index contributed by atoms with van der Waals surface area (Å²) in [6.45, 7) is 2.22. The minimum atomic E-state index is -0.0542. The summed E-state index contributed by atoms with van der Waals surface area (Å²) in [4.78, 5) is 26.0. The zero-order valence-electron chi connectivity index (χ0n) is 16.5. The van der Waals surface area contributed by atoms with E-state index in [1.165, 1.54) is 5.56 Å². The smallest absolute Gasteiger partial charge is 0.254 e. The molecule has 0 saturated carbocycles. The van der Waals surface area contributed by atoms with Crippen molar-refractivity contribution in [2.24, 2.45) is 0 Å². The maximum Gasteiger partial charge on any atom is 0.254 e. The van der Waals surface area contributed by atoms with E-state index < -0.39 is 0 Å². The SMILES string of the molecule is COc1ccc2[nH]cc(CN3CCc4c(nc(-c5ccc(Cl)cc5)[nH]c4=O)C3)c2c1. The summed E-state index contributed by atoms with van der Waals surface area (Å²) in [7, 11) is 1.68. The molecule has 6 nitrogen and oxygen atoms in total. The van der Waals surface area contributed by atoms with E-state index in [1.54, 1.807) is 19.2 Å². The number of nitrogens with zero attached hydrogens (tertiary/aromatic N) is 2. The molecule has 0 saturated heterocycles. The van der Waals surface area contributed by atoms with E-state index in [4.69, 9.17) is 21.3 Å². The quantitative estimate of drug-likeness (QED) is 0.520. The molecule has 0 spiro atoms. The minimum absolute atomic E-state index is 0.0542. The maximum atomic E-state index is 12.6. The number of methoxy groups -OCH3 is 1. The van der Waals surface area contributed by atoms with Crippen molar-refractivity contribution in [3.05, 3.63) is 80.9 Å². The monoisotopic (exact) mass is 420 g/mol. The zero-order chi connectivity index (χ0) is 20.7. The van der Waals surface area contributed by atoms with Crippen molar-refractivity contribution in [2.75, 3.05) is 13.7 Å². The number of hydrogen-bond acceptors (Lipinski definition) is 4. The van der Waals surface area contributed by atoms with Crippen LogP contribution in [0.4, 0.5) is 0 Å². The molecular weight excluding hydrogens is 400 g/mol. The zero-order valence-corrected chi connectivity index (χ0v) is 17.3. The number of aromatic nitrogens is 3. The molecule has 0 unspecified atom stereocenters. The summed E-state index contributed by atoms with van der Waals surface area (Å²) in [6.07, 6.45) is 2.73. The van der Waals surface area contributed by atoms with Gasteiger partial charge in [0.1, 0.15) is 11.6 Å². The molecule has 0 aliphatic carbocycles. The minimum Gasteiger partial charge on any atom is -0.497 e. The van der Waals surface area contributed by atoms with Gasteiger partial charge in [-0.05, 0) is 54.4 Å². The second-order valence-electron chi connectivity index (χ2n) is 7.53. The lowest BCUT2D eigenvalue weighted by molar-refractivity contribution is 0.241. The van der Waals surface area contributed by atoms with Gasteiger partial charge < -0.3 is 14.7 Å². The standard InChI is InChI=1S/C23H21ClN4O2/c1-30-17-6-7-20-19(10-17)15(11-25-20)12-28-9-8-18-21(13-28)26-22(27-23(18)29)14-2-4-16(24)5-3-14/h2-7,10-11,25H,8-9,12-13H2,1H3,(H,26,27,29). The van der Waals surface area contributed by atoms with Gasteiger partial charge in [0.25, 0.3) is 5.56 Å². The second kappa shape index (κ2) is 7.63. The highest BCUT2D eigenvalue weighted by Crippen LogP contribution is 2.26. The molecule has 0 atom stereocenters. The predicted octanol–water partition coefficient (Wildman–Crippen LogP) is 4.14. The second-order valence-corrected chi connectivity index (χ2v) is 7.97. The Morgan fingerprint density at radius 2 is 2.03 bits per heavy atom. The van der Waals surface area contributed by atoms with Gasteiger partial charge in [0.15, 0.2) is 0 Å². The van der Waals surface area contributed by atoms with E-state index in [1.807, 2.05) is 30.5 Å². The van der Waals surface area contributed by atoms with Gasteiger partial charge in [-0.2, -0.15) is 0 Å². The first kappa shape index (κ1) is 18.9. The van der Waals surface area contributed by atoms with Crippen LogP contribution in [0.2, 0.25) is 5.02 Å². The van der Waals surface area contributed by atoms with Gasteiger partial charge in [0, 0.05) is 52.9 Å². The van der Waals surface area contributed by atoms with Gasteiger partial charge in [-0.25, -0.2) is 4.98 Å². The van der Waals surface area contributed by atoms with E-state index in [0.717, 1.165) is 46.6 Å². The van der Waals surface area contributed by atoms with Crippen LogP contribution in [0.25, 0.3) is 22.3 Å². The van der Waals surface area contributed by atoms with Gasteiger partial charge >= 0.3 is 0 Å². The summed E-state index contributed by atoms with van der Waals surface area (Å²) in [5.41, 5.74) is 4.71. The Morgan fingerprint density at radius 1 is 1.20 bits per heavy atom. The van der Waals surface area contributed by atoms with Crippen molar-refractivity contribution in [3.63, 3.8) is 0 Å². The molecular formula is C23H21ClN4O2. The van der Waals surface area contributed by atoms with Crippen molar-refractivity contribution in [3.8, 4) is 17.1 Å². The Kier molecular flexibility index (Phi) is 4.81. The molecule has 1 aliphatic heterocycles. The molecule has 1 aliphatic rings. The summed E-state index contributed by atoms with van der Waals surface area (Å²) in [5.74, 6) is 1.42. The molecule has 0 amide bonds. The van der Waals surface area contributed by atoms with Gasteiger partial charge in [-0.15, -0.1) is 0 Å². The molecule has 30 heavy (non-hydrogen) atoms. The normalized spacial score (nSPS) is 14.1. The maximum absolute atomic E-state index is 12.6. The number of nitrogens with one attached hydrogen (secondary N) is 2. The molecule has 5 rings (SSSR count). The van der Waals surface area contributed by atoms with E-state index in [-0.39, 0.29) is 5.56 Å². The Hall–Kier alpha value is -3.09. The van der Waals surface area contributed by atoms with Crippen molar-refractivity contribution >= 4 is 22.5 Å². The average molecular weight is 421 g/mol. The van der Waals surface area contributed by atoms with Crippen LogP contribution < -0.4 is 10.3 Å². The lowest BCUT2D eigenvalue weighted by Gasteiger charge is -2.27. The fourth-order valence-electron chi connectivity index (χ4n) is 4.03. The number of ether oxygens (including phenoxy) is 1. The Morgan fingerprint density at radius 3 is 2.83 bits per heavy atom. The number of fused-ring (bicyclic) bond motifs is 2. The lowest BCUT2D eigenvalue weighted by Crippen LogP contribution is -2.35. The molecule has 7 heteroatoms. The van der Waals surface area contributed by atoms with Gasteiger partial charge in [-0.1, -0.05) is 11.6 Å². The number of benzene rings is 2. The van der Waals surface area contributed by atoms with Crippen LogP contribution in [0.15, 0.2) is 53.5 Å². The fourth-order valence-corrected chi connectivity index (χ4v) is 4.16. The topological polar surface area (TPSA) is 74.0 Å². The average Bonchev–Trinajstić information content (AvgIpc) is 3.16. The number of aromatic amines is 2. The predicted molar refractivity (Wildman–Crippen MR) is 118 cm³/mol. The highest BCUT2D eigenvalue weighted by atomic mass is 35.5. The number of halogens is 1. The molecule has 3 heterocycles. The van der Waals surface area contributed by atoms with Gasteiger partial charge in [0.05, 0.1) is 12.8 Å². The summed E-state index contributed by atoms with van der Waals surface area (Å²) < 4.78 is 5.37. The summed E-state index contributed by atoms with van der Waals surface area (Å²) >= 11 is 5.98. The van der Waals surface area contributed by atoms with Gasteiger partial charge in [0.2, 0.25) is 0 Å². The van der Waals surface area contributed by atoms with Crippen molar-refractivity contribution in [1.82, 2.24) is 19.9 Å². The van der Waals surface area contributed by atoms with E-state index in [2.05, 4.69) is 20.9 Å². The first-order chi connectivity index (χ1) is 14.6. The van der Waals surface area contributed by atoms with Gasteiger partial charge in [-0.3, -0.25) is 9.69 Å². The van der Waals surface area contributed by atoms with Crippen molar-refractivity contribution in [2.45, 2.75) is 19.5 Å². The third kappa shape index (κ3) is 3.49. The third-order valence-electron chi connectivity index (χ3n) is 5.64. The Bertz CT molecular complexity index is 1280. The first-order valence-electron chi connectivity index (χ1n) is 9.85. The molecule has 2 aromatic heterocycles. The van der Waals surface area contributed by atoms with Crippen molar-refractivity contribution in [1.29, 1.82) is 0 Å². The van der Waals surface area contributed by atoms with Crippen LogP contribution in [0.3, 0.4) is 0 Å². The fraction of sp³-hybridized carbons (Fsp3) is 0.217. The molecule has 0 fully saturated rings. The van der Waals surface area contributed by atoms with Crippen LogP contribution in [0.1, 0.15) is 16.8 Å². The molecule has 0 radical (unpaired) electrons. The molecule has 152 valence electrons. The summed E-state index contributed by atoms with van der Waals surface area (Å²) in [5, 5.41) is 1.81. The largest absolute Gasteiger partial charge is 0.497 e.